The van der Waals surface area contributed by atoms with Crippen molar-refractivity contribution in [2.45, 2.75) is 65.6 Å². The second-order valence-electron chi connectivity index (χ2n) is 7.39. The summed E-state index contributed by atoms with van der Waals surface area (Å²) in [6, 6.07) is 0. The van der Waals surface area contributed by atoms with Gasteiger partial charge in [-0.25, -0.2) is 0 Å². The first-order valence-corrected chi connectivity index (χ1v) is 7.62. The minimum atomic E-state index is -0.322. The Balaban J connectivity index is 0. The van der Waals surface area contributed by atoms with Gasteiger partial charge in [0.15, 0.2) is 0 Å². The molecular weight excluding hydrogens is 320 g/mol. The van der Waals surface area contributed by atoms with E-state index in [1.54, 1.807) is 0 Å². The third kappa shape index (κ3) is 7.41. The van der Waals surface area contributed by atoms with E-state index in [2.05, 4.69) is 48.5 Å². The molecule has 0 bridgehead atoms. The van der Waals surface area contributed by atoms with E-state index in [0.29, 0.717) is 11.8 Å². The van der Waals surface area contributed by atoms with E-state index >= 15 is 0 Å². The molecule has 0 aromatic carbocycles. The summed E-state index contributed by atoms with van der Waals surface area (Å²) in [7, 11) is 6.65. The van der Waals surface area contributed by atoms with E-state index in [4.69, 9.17) is 7.85 Å². The Morgan fingerprint density at radius 1 is 1.05 bits per heavy atom. The molecule has 0 aliphatic carbocycles. The molecule has 0 aromatic heterocycles. The molecule has 3 heteroatoms. The number of hydrogen-bond donors (Lipinski definition) is 1. The summed E-state index contributed by atoms with van der Waals surface area (Å²) in [5, 5.41) is 9.03. The quantitative estimate of drug-likeness (QED) is 0.479. The Morgan fingerprint density at radius 3 is 1.90 bits per heavy atom. The fourth-order valence-electron chi connectivity index (χ4n) is 3.11. The molecule has 3 radical (unpaired) electrons. The van der Waals surface area contributed by atoms with E-state index in [1.165, 1.54) is 0 Å². The van der Waals surface area contributed by atoms with Crippen LogP contribution in [0.5, 0.6) is 0 Å². The maximum atomic E-state index is 9.35. The van der Waals surface area contributed by atoms with Crippen molar-refractivity contribution in [3.05, 3.63) is 13.8 Å². The molecule has 0 saturated carbocycles. The van der Waals surface area contributed by atoms with Crippen molar-refractivity contribution in [1.29, 1.82) is 0 Å². The van der Waals surface area contributed by atoms with Crippen LogP contribution < -0.4 is 0 Å². The Morgan fingerprint density at radius 2 is 1.55 bits per heavy atom. The van der Waals surface area contributed by atoms with Crippen molar-refractivity contribution in [3.8, 4) is 0 Å². The van der Waals surface area contributed by atoms with Gasteiger partial charge in [-0.3, -0.25) is 0 Å². The van der Waals surface area contributed by atoms with Crippen molar-refractivity contribution < 1.29 is 37.8 Å². The summed E-state index contributed by atoms with van der Waals surface area (Å²) in [5.41, 5.74) is -0.188. The second-order valence-corrected chi connectivity index (χ2v) is 7.39. The zero-order valence-corrected chi connectivity index (χ0v) is 17.1. The predicted molar refractivity (Wildman–Crippen MR) is 86.0 cm³/mol. The van der Waals surface area contributed by atoms with Gasteiger partial charge in [0.1, 0.15) is 0 Å². The molecule has 1 N–H and O–H groups in total. The molecule has 4 unspecified atom stereocenters. The van der Waals surface area contributed by atoms with Crippen molar-refractivity contribution >= 4 is 7.85 Å². The summed E-state index contributed by atoms with van der Waals surface area (Å²) < 4.78 is 0. The van der Waals surface area contributed by atoms with E-state index in [9.17, 15) is 5.11 Å². The zero-order chi connectivity index (χ0) is 15.3. The van der Waals surface area contributed by atoms with E-state index in [1.807, 2.05) is 0 Å². The van der Waals surface area contributed by atoms with Crippen LogP contribution in [-0.4, -0.2) is 19.6 Å². The maximum Gasteiger partial charge on any atom is 0.0714 e. The van der Waals surface area contributed by atoms with Crippen LogP contribution in [0.1, 0.15) is 60.3 Å². The molecule has 20 heavy (non-hydrogen) atoms. The first-order chi connectivity index (χ1) is 8.58. The minimum absolute atomic E-state index is 0. The van der Waals surface area contributed by atoms with Gasteiger partial charge >= 0.3 is 0 Å². The standard InChI is InChI=1S/C17H33BO.Y/c1-8-14(4)11-17(7,18)16(6,9-13(2)3)10-15(5)12-19;/h13-15,19H,1,6,8-12H2,2-5,7H3;/q-2;. The van der Waals surface area contributed by atoms with Gasteiger partial charge in [-0.2, -0.15) is 11.8 Å². The molecule has 1 nitrogen and oxygen atoms in total. The van der Waals surface area contributed by atoms with Crippen LogP contribution in [0.15, 0.2) is 0 Å². The molecule has 0 rings (SSSR count). The number of aliphatic hydroxyl groups excluding tert-OH is 1. The second kappa shape index (κ2) is 10.0. The van der Waals surface area contributed by atoms with Gasteiger partial charge in [-0.15, -0.1) is 0 Å². The average Bonchev–Trinajstić information content (AvgIpc) is 2.26. The van der Waals surface area contributed by atoms with Gasteiger partial charge in [0.05, 0.1) is 7.85 Å². The number of aliphatic hydroxyl groups is 1. The fraction of sp³-hybridized carbons (Fsp3) is 0.882. The normalized spacial score (nSPS) is 20.6. The fourth-order valence-corrected chi connectivity index (χ4v) is 3.11. The Labute approximate surface area is 154 Å². The molecule has 0 aliphatic rings. The van der Waals surface area contributed by atoms with E-state index in [0.717, 1.165) is 25.7 Å². The van der Waals surface area contributed by atoms with Gasteiger partial charge < -0.3 is 19.0 Å². The van der Waals surface area contributed by atoms with Crippen molar-refractivity contribution in [2.24, 2.45) is 23.2 Å². The molecule has 4 atom stereocenters. The number of rotatable bonds is 9. The van der Waals surface area contributed by atoms with Gasteiger partial charge in [-0.05, 0) is 11.8 Å². The third-order valence-corrected chi connectivity index (χ3v) is 4.33. The molecule has 0 spiro atoms. The van der Waals surface area contributed by atoms with Crippen LogP contribution >= 0.6 is 0 Å². The van der Waals surface area contributed by atoms with Crippen LogP contribution in [0.3, 0.4) is 0 Å². The molecular formula is C17H33BOY-2. The summed E-state index contributed by atoms with van der Waals surface area (Å²) in [6.07, 6.45) is 3.71. The minimum Gasteiger partial charge on any atom is -0.396 e. The Bertz CT molecular complexity index is 255. The topological polar surface area (TPSA) is 20.2 Å². The monoisotopic (exact) mass is 353 g/mol. The van der Waals surface area contributed by atoms with Crippen LogP contribution in [0, 0.1) is 37.0 Å². The molecule has 0 heterocycles. The molecule has 0 fully saturated rings. The first-order valence-electron chi connectivity index (χ1n) is 7.62. The average molecular weight is 353 g/mol. The molecule has 0 aliphatic heterocycles. The molecule has 0 amide bonds. The van der Waals surface area contributed by atoms with Crippen LogP contribution in [0.2, 0.25) is 5.31 Å². The summed E-state index contributed by atoms with van der Waals surface area (Å²) in [5.74, 6) is 1.31. The van der Waals surface area contributed by atoms with Crippen LogP contribution in [-0.2, 0) is 32.7 Å². The van der Waals surface area contributed by atoms with E-state index < -0.39 is 0 Å². The van der Waals surface area contributed by atoms with E-state index in [-0.39, 0.29) is 56.0 Å². The maximum absolute atomic E-state index is 9.35. The SMILES string of the molecule is [B]C(C)(CC(C)C[CH2-])C([CH2-])(CC(C)C)CC(C)CO.[Y]. The summed E-state index contributed by atoms with van der Waals surface area (Å²) in [6.45, 7) is 19.5. The first kappa shape index (κ1) is 23.4. The molecule has 0 aromatic rings. The van der Waals surface area contributed by atoms with Gasteiger partial charge in [-0.1, -0.05) is 65.1 Å². The van der Waals surface area contributed by atoms with Crippen LogP contribution in [0.25, 0.3) is 0 Å². The van der Waals surface area contributed by atoms with Gasteiger partial charge in [0.25, 0.3) is 0 Å². The van der Waals surface area contributed by atoms with Crippen molar-refractivity contribution in [1.82, 2.24) is 0 Å². The molecule has 115 valence electrons. The smallest absolute Gasteiger partial charge is 0.0714 e. The van der Waals surface area contributed by atoms with Crippen LogP contribution in [0.4, 0.5) is 0 Å². The van der Waals surface area contributed by atoms with Crippen molar-refractivity contribution in [3.63, 3.8) is 0 Å². The number of hydrogen-bond acceptors (Lipinski definition) is 1. The summed E-state index contributed by atoms with van der Waals surface area (Å²) in [4.78, 5) is 0. The Hall–Kier alpha value is 1.13. The zero-order valence-electron chi connectivity index (χ0n) is 14.3. The third-order valence-electron chi connectivity index (χ3n) is 4.33. The summed E-state index contributed by atoms with van der Waals surface area (Å²) >= 11 is 0. The van der Waals surface area contributed by atoms with Gasteiger partial charge in [0, 0.05) is 39.3 Å². The van der Waals surface area contributed by atoms with Crippen molar-refractivity contribution in [2.75, 3.05) is 6.61 Å². The Kier molecular flexibility index (Phi) is 11.7. The van der Waals surface area contributed by atoms with Gasteiger partial charge in [0.2, 0.25) is 0 Å². The largest absolute Gasteiger partial charge is 0.396 e. The molecule has 0 saturated heterocycles. The predicted octanol–water partition coefficient (Wildman–Crippen LogP) is 4.47.